The van der Waals surface area contributed by atoms with Crippen LogP contribution in [0, 0.1) is 0 Å². The summed E-state index contributed by atoms with van der Waals surface area (Å²) in [5.41, 5.74) is -1.25. The molecule has 352 valence electrons. The summed E-state index contributed by atoms with van der Waals surface area (Å²) < 4.78 is 50.7. The molecular weight excluding hydrogens is 872 g/mol. The van der Waals surface area contributed by atoms with Crippen molar-refractivity contribution in [3.63, 3.8) is 0 Å². The quantitative estimate of drug-likeness (QED) is 0.0433. The summed E-state index contributed by atoms with van der Waals surface area (Å²) in [5.74, 6) is -4.73. The number of hydrogen-bond acceptors (Lipinski definition) is 23. The Morgan fingerprint density at radius 3 is 2.20 bits per heavy atom. The summed E-state index contributed by atoms with van der Waals surface area (Å²) in [5, 5.41) is 126. The molecule has 3 aliphatic rings. The zero-order chi connectivity index (χ0) is 47.0. The van der Waals surface area contributed by atoms with Crippen molar-refractivity contribution in [1.82, 2.24) is 0 Å². The first kappa shape index (κ1) is 47.2. The van der Waals surface area contributed by atoms with Gasteiger partial charge in [-0.15, -0.1) is 0 Å². The summed E-state index contributed by atoms with van der Waals surface area (Å²) in [7, 11) is 1.32. The van der Waals surface area contributed by atoms with Gasteiger partial charge in [0.1, 0.15) is 71.3 Å². The van der Waals surface area contributed by atoms with Crippen LogP contribution in [0.15, 0.2) is 63.8 Å². The van der Waals surface area contributed by atoms with E-state index in [1.807, 2.05) is 0 Å². The second kappa shape index (κ2) is 19.4. The average molecular weight is 919 g/mol. The smallest absolute Gasteiger partial charge is 0.331 e. The number of aliphatic hydroxyl groups is 8. The van der Waals surface area contributed by atoms with Gasteiger partial charge in [0.15, 0.2) is 47.3 Å². The van der Waals surface area contributed by atoms with Gasteiger partial charge < -0.3 is 104 Å². The second-order valence-corrected chi connectivity index (χ2v) is 15.3. The van der Waals surface area contributed by atoms with Gasteiger partial charge >= 0.3 is 5.97 Å². The lowest BCUT2D eigenvalue weighted by Crippen LogP contribution is -2.64. The zero-order valence-corrected chi connectivity index (χ0v) is 34.1. The molecule has 0 aliphatic carbocycles. The van der Waals surface area contributed by atoms with Crippen LogP contribution in [-0.2, 0) is 28.5 Å². The molecule has 0 radical (unpaired) electrons. The van der Waals surface area contributed by atoms with E-state index in [4.69, 9.17) is 42.3 Å². The van der Waals surface area contributed by atoms with Crippen LogP contribution in [0.3, 0.4) is 0 Å². The minimum absolute atomic E-state index is 0.103. The van der Waals surface area contributed by atoms with E-state index in [-0.39, 0.29) is 22.8 Å². The van der Waals surface area contributed by atoms with E-state index in [0.717, 1.165) is 30.3 Å². The van der Waals surface area contributed by atoms with Crippen LogP contribution in [0.4, 0.5) is 0 Å². The molecule has 0 saturated carbocycles. The lowest BCUT2D eigenvalue weighted by molar-refractivity contribution is -0.349. The maximum Gasteiger partial charge on any atom is 0.331 e. The van der Waals surface area contributed by atoms with Crippen molar-refractivity contribution >= 4 is 23.0 Å². The number of phenolic OH excluding ortho intramolecular Hbond substituents is 4. The first-order chi connectivity index (χ1) is 30.9. The highest BCUT2D eigenvalue weighted by Gasteiger charge is 2.51. The third-order valence-corrected chi connectivity index (χ3v) is 10.8. The number of phenols is 4. The largest absolute Gasteiger partial charge is 0.507 e. The molecule has 3 saturated heterocycles. The van der Waals surface area contributed by atoms with Crippen LogP contribution < -0.4 is 19.6 Å². The molecule has 23 heteroatoms. The van der Waals surface area contributed by atoms with E-state index in [1.54, 1.807) is 0 Å². The van der Waals surface area contributed by atoms with Gasteiger partial charge in [0.25, 0.3) is 0 Å². The lowest BCUT2D eigenvalue weighted by atomic mass is 9.98. The monoisotopic (exact) mass is 918 g/mol. The molecule has 3 fully saturated rings. The fraction of sp³-hybridized carbons (Fsp3) is 0.429. The summed E-state index contributed by atoms with van der Waals surface area (Å²) in [6, 6.07) is 9.42. The van der Waals surface area contributed by atoms with Gasteiger partial charge in [-0.2, -0.15) is 0 Å². The number of ether oxygens (including phenoxy) is 8. The molecule has 0 amide bonds. The Labute approximate surface area is 366 Å². The third-order valence-electron chi connectivity index (χ3n) is 10.8. The number of carbonyl (C=O) groups is 1. The van der Waals surface area contributed by atoms with Crippen LogP contribution in [0.5, 0.6) is 40.2 Å². The molecule has 0 spiro atoms. The number of methoxy groups -OCH3 is 1. The number of aliphatic hydroxyl groups excluding tert-OH is 8. The third kappa shape index (κ3) is 9.62. The fourth-order valence-corrected chi connectivity index (χ4v) is 7.26. The number of aromatic hydroxyl groups is 4. The van der Waals surface area contributed by atoms with Gasteiger partial charge in [-0.05, 0) is 48.9 Å². The lowest BCUT2D eigenvalue weighted by Gasteiger charge is -2.44. The van der Waals surface area contributed by atoms with Crippen molar-refractivity contribution in [3.05, 3.63) is 70.4 Å². The maximum absolute atomic E-state index is 14.4. The highest BCUT2D eigenvalue weighted by Crippen LogP contribution is 2.41. The Morgan fingerprint density at radius 1 is 0.754 bits per heavy atom. The molecule has 4 aromatic rings. The average Bonchev–Trinajstić information content (AvgIpc) is 3.27. The van der Waals surface area contributed by atoms with E-state index in [1.165, 1.54) is 44.4 Å². The van der Waals surface area contributed by atoms with Crippen molar-refractivity contribution in [2.24, 2.45) is 0 Å². The molecule has 65 heavy (non-hydrogen) atoms. The van der Waals surface area contributed by atoms with Gasteiger partial charge in [0, 0.05) is 23.8 Å². The van der Waals surface area contributed by atoms with Gasteiger partial charge in [0.2, 0.25) is 23.8 Å². The SMILES string of the molecule is COc1cc(/C=C/C(=O)O[C@@H]2[C@@H](O)[C@H](O[C@H]3[C@H](Oc4c(-c5ccc(O)c(O)c5)oc5cc(O[C@@H]6O[C@@H](C)[C@H](O)[C@@H](O)[C@H]6O)cc(O)c5c4=O)OC[C@@H](O)[C@@H]3O)O[C@H](CO)[C@H]2O)ccc1O. The molecule has 4 heterocycles. The second-order valence-electron chi connectivity index (χ2n) is 15.3. The predicted octanol–water partition coefficient (Wildman–Crippen LogP) is -1.60. The normalized spacial score (nSPS) is 31.7. The Balaban J connectivity index is 1.20. The van der Waals surface area contributed by atoms with Crippen molar-refractivity contribution in [2.45, 2.75) is 92.9 Å². The minimum atomic E-state index is -2.07. The van der Waals surface area contributed by atoms with Gasteiger partial charge in [0.05, 0.1) is 26.4 Å². The van der Waals surface area contributed by atoms with Gasteiger partial charge in [-0.1, -0.05) is 6.07 Å². The molecule has 23 nitrogen and oxygen atoms in total. The molecule has 0 unspecified atom stereocenters. The van der Waals surface area contributed by atoms with Crippen LogP contribution >= 0.6 is 0 Å². The van der Waals surface area contributed by atoms with E-state index >= 15 is 0 Å². The molecule has 7 rings (SSSR count). The number of fused-ring (bicyclic) bond motifs is 1. The summed E-state index contributed by atoms with van der Waals surface area (Å²) in [4.78, 5) is 27.3. The molecule has 3 aromatic carbocycles. The first-order valence-corrected chi connectivity index (χ1v) is 19.8. The minimum Gasteiger partial charge on any atom is -0.507 e. The van der Waals surface area contributed by atoms with Crippen molar-refractivity contribution in [3.8, 4) is 51.6 Å². The summed E-state index contributed by atoms with van der Waals surface area (Å²) >= 11 is 0. The molecule has 3 aliphatic heterocycles. The van der Waals surface area contributed by atoms with Crippen molar-refractivity contribution in [1.29, 1.82) is 0 Å². The molecule has 0 bridgehead atoms. The van der Waals surface area contributed by atoms with E-state index in [9.17, 15) is 70.9 Å². The van der Waals surface area contributed by atoms with E-state index < -0.39 is 150 Å². The first-order valence-electron chi connectivity index (χ1n) is 19.8. The fourth-order valence-electron chi connectivity index (χ4n) is 7.26. The molecule has 12 N–H and O–H groups in total. The predicted molar refractivity (Wildman–Crippen MR) is 214 cm³/mol. The van der Waals surface area contributed by atoms with Crippen molar-refractivity contribution < 1.29 is 108 Å². The molecule has 1 aromatic heterocycles. The van der Waals surface area contributed by atoms with Gasteiger partial charge in [-0.3, -0.25) is 4.79 Å². The highest BCUT2D eigenvalue weighted by molar-refractivity contribution is 5.89. The van der Waals surface area contributed by atoms with Gasteiger partial charge in [-0.25, -0.2) is 4.79 Å². The topological polar surface area (TPSA) is 364 Å². The standard InChI is InChI=1S/C42H46O23/c1-15-29(50)33(54)34(55)40(59-15)60-18-11-22(47)28-25(12-18)61-36(17-5-7-19(44)21(46)10-17)38(32(28)53)64-42-39(30(51)23(48)14-58-42)65-41-35(56)37(31(52)26(13-43)62-41)63-27(49)8-4-16-3-6-20(45)24(9-16)57-2/h3-12,15,23,26,29-31,33-35,37,39-48,50-52,54-56H,13-14H2,1-2H3/b8-4+/t15-,23+,26+,29-,30-,31+,33+,34+,35+,37-,39+,40-,41-,42-/m0/s1. The number of carbonyl (C=O) groups excluding carboxylic acids is 1. The summed E-state index contributed by atoms with van der Waals surface area (Å²) in [6.45, 7) is -0.142. The van der Waals surface area contributed by atoms with Crippen LogP contribution in [-0.4, -0.2) is 174 Å². The van der Waals surface area contributed by atoms with E-state index in [2.05, 4.69) is 0 Å². The number of rotatable bonds is 12. The molecular formula is C42H46O23. The molecule has 14 atom stereocenters. The number of esters is 1. The van der Waals surface area contributed by atoms with Crippen LogP contribution in [0.25, 0.3) is 28.4 Å². The zero-order valence-electron chi connectivity index (χ0n) is 34.1. The van der Waals surface area contributed by atoms with Crippen molar-refractivity contribution in [2.75, 3.05) is 20.3 Å². The number of hydrogen-bond donors (Lipinski definition) is 12. The Kier molecular flexibility index (Phi) is 14.0. The van der Waals surface area contributed by atoms with E-state index in [0.29, 0.717) is 5.56 Å². The summed E-state index contributed by atoms with van der Waals surface area (Å²) in [6.07, 6.45) is -22.1. The Morgan fingerprint density at radius 2 is 1.49 bits per heavy atom. The number of benzene rings is 3. The Bertz CT molecular complexity index is 2440. The van der Waals surface area contributed by atoms with Crippen LogP contribution in [0.2, 0.25) is 0 Å². The maximum atomic E-state index is 14.4. The Hall–Kier alpha value is -5.80. The van der Waals surface area contributed by atoms with Crippen LogP contribution in [0.1, 0.15) is 12.5 Å². The highest BCUT2D eigenvalue weighted by atomic mass is 16.8.